The van der Waals surface area contributed by atoms with Gasteiger partial charge >= 0.3 is 0 Å². The zero-order chi connectivity index (χ0) is 28.9. The van der Waals surface area contributed by atoms with Crippen LogP contribution in [0.15, 0.2) is 35.2 Å². The van der Waals surface area contributed by atoms with Crippen LogP contribution < -0.4 is 0 Å². The third-order valence-electron chi connectivity index (χ3n) is 8.52. The molecule has 0 saturated heterocycles. The van der Waals surface area contributed by atoms with Gasteiger partial charge in [0.1, 0.15) is 0 Å². The molecule has 0 unspecified atom stereocenters. The minimum Gasteiger partial charge on any atom is -0.282 e. The van der Waals surface area contributed by atoms with Gasteiger partial charge in [-0.2, -0.15) is 8.42 Å². The molecule has 228 valence electrons. The molecular formula is C36H60O3S. The van der Waals surface area contributed by atoms with Crippen molar-refractivity contribution >= 4 is 20.9 Å². The Hall–Kier alpha value is -1.39. The van der Waals surface area contributed by atoms with Crippen molar-refractivity contribution < 1.29 is 13.0 Å². The van der Waals surface area contributed by atoms with Gasteiger partial charge < -0.3 is 0 Å². The Morgan fingerprint density at radius 2 is 0.925 bits per heavy atom. The van der Waals surface area contributed by atoms with Crippen molar-refractivity contribution in [3.8, 4) is 0 Å². The molecule has 0 bridgehead atoms. The van der Waals surface area contributed by atoms with Crippen LogP contribution in [-0.2, 0) is 23.0 Å². The normalized spacial score (nSPS) is 12.0. The Kier molecular flexibility index (Phi) is 18.6. The molecule has 0 aliphatic rings. The van der Waals surface area contributed by atoms with Crippen molar-refractivity contribution in [2.75, 3.05) is 0 Å². The highest BCUT2D eigenvalue weighted by atomic mass is 32.2. The number of unbranched alkanes of at least 4 members (excludes halogenated alkanes) is 20. The van der Waals surface area contributed by atoms with Crippen molar-refractivity contribution in [3.63, 3.8) is 0 Å². The van der Waals surface area contributed by atoms with Crippen molar-refractivity contribution in [1.29, 1.82) is 0 Å². The van der Waals surface area contributed by atoms with E-state index in [9.17, 15) is 13.0 Å². The van der Waals surface area contributed by atoms with Gasteiger partial charge in [-0.3, -0.25) is 4.55 Å². The quantitative estimate of drug-likeness (QED) is 0.0950. The second-order valence-corrected chi connectivity index (χ2v) is 13.6. The van der Waals surface area contributed by atoms with E-state index in [1.54, 1.807) is 12.1 Å². The Balaban J connectivity index is 1.84. The molecule has 0 aliphatic heterocycles. The van der Waals surface area contributed by atoms with Crippen LogP contribution in [0.4, 0.5) is 0 Å². The number of fused-ring (bicyclic) bond motifs is 1. The van der Waals surface area contributed by atoms with E-state index in [1.807, 2.05) is 12.1 Å². The summed E-state index contributed by atoms with van der Waals surface area (Å²) in [4.78, 5) is 0.0323. The number of aryl methyl sites for hydroxylation is 2. The molecule has 0 aliphatic carbocycles. The Morgan fingerprint density at radius 3 is 1.35 bits per heavy atom. The van der Waals surface area contributed by atoms with E-state index in [1.165, 1.54) is 146 Å². The van der Waals surface area contributed by atoms with E-state index in [0.717, 1.165) is 30.2 Å². The van der Waals surface area contributed by atoms with Crippen LogP contribution in [-0.4, -0.2) is 13.0 Å². The first-order chi connectivity index (χ1) is 19.5. The predicted octanol–water partition coefficient (Wildman–Crippen LogP) is 11.8. The lowest BCUT2D eigenvalue weighted by Crippen LogP contribution is -2.02. The van der Waals surface area contributed by atoms with Crippen LogP contribution in [0.2, 0.25) is 0 Å². The summed E-state index contributed by atoms with van der Waals surface area (Å²) in [5.74, 6) is 0. The summed E-state index contributed by atoms with van der Waals surface area (Å²) in [5.41, 5.74) is 2.41. The first kappa shape index (κ1) is 34.8. The third-order valence-corrected chi connectivity index (χ3v) is 9.35. The fourth-order valence-corrected chi connectivity index (χ4v) is 6.65. The molecule has 0 fully saturated rings. The van der Waals surface area contributed by atoms with Gasteiger partial charge in [-0.05, 0) is 59.7 Å². The van der Waals surface area contributed by atoms with Crippen LogP contribution in [0.25, 0.3) is 10.8 Å². The fourth-order valence-electron chi connectivity index (χ4n) is 6.08. The van der Waals surface area contributed by atoms with Gasteiger partial charge in [0.05, 0.1) is 4.90 Å². The highest BCUT2D eigenvalue weighted by molar-refractivity contribution is 7.85. The number of hydrogen-bond donors (Lipinski definition) is 1. The van der Waals surface area contributed by atoms with E-state index in [2.05, 4.69) is 19.9 Å². The molecule has 2 aromatic carbocycles. The van der Waals surface area contributed by atoms with Gasteiger partial charge in [-0.1, -0.05) is 160 Å². The Bertz CT molecular complexity index is 1030. The van der Waals surface area contributed by atoms with Crippen molar-refractivity contribution in [2.24, 2.45) is 0 Å². The smallest absolute Gasteiger partial charge is 0.282 e. The molecule has 0 saturated carbocycles. The summed E-state index contributed by atoms with van der Waals surface area (Å²) in [6, 6.07) is 9.64. The maximum atomic E-state index is 12.0. The van der Waals surface area contributed by atoms with E-state index >= 15 is 0 Å². The number of hydrogen-bond acceptors (Lipinski definition) is 2. The summed E-state index contributed by atoms with van der Waals surface area (Å²) in [5, 5.41) is 2.16. The van der Waals surface area contributed by atoms with Gasteiger partial charge in [0, 0.05) is 0 Å². The minimum atomic E-state index is -4.22. The number of rotatable bonds is 25. The van der Waals surface area contributed by atoms with Crippen molar-refractivity contribution in [1.82, 2.24) is 0 Å². The first-order valence-electron chi connectivity index (χ1n) is 17.0. The average Bonchev–Trinajstić information content (AvgIpc) is 2.94. The third kappa shape index (κ3) is 14.5. The Labute approximate surface area is 247 Å². The van der Waals surface area contributed by atoms with E-state index in [4.69, 9.17) is 0 Å². The van der Waals surface area contributed by atoms with Crippen LogP contribution in [0.3, 0.4) is 0 Å². The summed E-state index contributed by atoms with van der Waals surface area (Å²) >= 11 is 0. The molecule has 0 radical (unpaired) electrons. The standard InChI is InChI=1S/C36H60O3S/c1-3-5-7-9-11-13-15-17-19-21-23-26-32-28-25-29-34-31-35(40(37,38)39)30-33(36(32)34)27-24-22-20-18-16-14-12-10-8-6-4-2/h25,28-31H,3-24,26-27H2,1-2H3,(H,37,38,39). The van der Waals surface area contributed by atoms with Gasteiger partial charge in [0.15, 0.2) is 0 Å². The van der Waals surface area contributed by atoms with Gasteiger partial charge in [0.2, 0.25) is 0 Å². The van der Waals surface area contributed by atoms with Crippen molar-refractivity contribution in [2.45, 2.75) is 173 Å². The molecule has 40 heavy (non-hydrogen) atoms. The second kappa shape index (κ2) is 21.3. The van der Waals surface area contributed by atoms with E-state index < -0.39 is 10.1 Å². The fraction of sp³-hybridized carbons (Fsp3) is 0.722. The van der Waals surface area contributed by atoms with Gasteiger partial charge in [-0.15, -0.1) is 0 Å². The van der Waals surface area contributed by atoms with Crippen LogP contribution in [0.5, 0.6) is 0 Å². The minimum absolute atomic E-state index is 0.0323. The predicted molar refractivity (Wildman–Crippen MR) is 174 cm³/mol. The molecule has 4 heteroatoms. The van der Waals surface area contributed by atoms with E-state index in [-0.39, 0.29) is 4.90 Å². The first-order valence-corrected chi connectivity index (χ1v) is 18.4. The van der Waals surface area contributed by atoms with Crippen LogP contribution in [0, 0.1) is 0 Å². The monoisotopic (exact) mass is 572 g/mol. The molecule has 0 spiro atoms. The lowest BCUT2D eigenvalue weighted by atomic mass is 9.93. The maximum Gasteiger partial charge on any atom is 0.294 e. The van der Waals surface area contributed by atoms with Gasteiger partial charge in [-0.25, -0.2) is 0 Å². The van der Waals surface area contributed by atoms with E-state index in [0.29, 0.717) is 0 Å². The molecule has 2 aromatic rings. The molecule has 3 nitrogen and oxygen atoms in total. The number of benzene rings is 2. The average molecular weight is 573 g/mol. The molecular weight excluding hydrogens is 512 g/mol. The largest absolute Gasteiger partial charge is 0.294 e. The highest BCUT2D eigenvalue weighted by Gasteiger charge is 2.15. The summed E-state index contributed by atoms with van der Waals surface area (Å²) in [6.07, 6.45) is 30.9. The maximum absolute atomic E-state index is 12.0. The SMILES string of the molecule is CCCCCCCCCCCCCc1cccc2cc(S(=O)(=O)O)cc(CCCCCCCCCCCCC)c12. The van der Waals surface area contributed by atoms with Crippen LogP contribution in [0.1, 0.15) is 166 Å². The zero-order valence-electron chi connectivity index (χ0n) is 26.0. The summed E-state index contributed by atoms with van der Waals surface area (Å²) < 4.78 is 33.8. The highest BCUT2D eigenvalue weighted by Crippen LogP contribution is 2.30. The molecule has 0 heterocycles. The molecule has 2 rings (SSSR count). The molecule has 1 N–H and O–H groups in total. The lowest BCUT2D eigenvalue weighted by Gasteiger charge is -2.14. The molecule has 0 amide bonds. The summed E-state index contributed by atoms with van der Waals surface area (Å²) in [6.45, 7) is 4.54. The van der Waals surface area contributed by atoms with Crippen molar-refractivity contribution in [3.05, 3.63) is 41.5 Å². The Morgan fingerprint density at radius 1 is 0.525 bits per heavy atom. The zero-order valence-corrected chi connectivity index (χ0v) is 26.8. The molecule has 0 atom stereocenters. The second-order valence-electron chi connectivity index (χ2n) is 12.1. The topological polar surface area (TPSA) is 54.4 Å². The van der Waals surface area contributed by atoms with Gasteiger partial charge in [0.25, 0.3) is 10.1 Å². The van der Waals surface area contributed by atoms with Crippen LogP contribution >= 0.6 is 0 Å². The molecule has 0 aromatic heterocycles. The summed E-state index contributed by atoms with van der Waals surface area (Å²) in [7, 11) is -4.22. The lowest BCUT2D eigenvalue weighted by molar-refractivity contribution is 0.483.